The van der Waals surface area contributed by atoms with Crippen LogP contribution in [0.3, 0.4) is 0 Å². The quantitative estimate of drug-likeness (QED) is 0.819. The van der Waals surface area contributed by atoms with Crippen molar-refractivity contribution in [3.63, 3.8) is 0 Å². The second kappa shape index (κ2) is 6.49. The van der Waals surface area contributed by atoms with Gasteiger partial charge in [-0.2, -0.15) is 0 Å². The number of amides is 1. The highest BCUT2D eigenvalue weighted by Gasteiger charge is 2.06. The summed E-state index contributed by atoms with van der Waals surface area (Å²) < 4.78 is 6.15. The van der Waals surface area contributed by atoms with Crippen molar-refractivity contribution in [2.24, 2.45) is 5.92 Å². The Kier molecular flexibility index (Phi) is 5.28. The Morgan fingerprint density at radius 2 is 2.24 bits per heavy atom. The molecule has 1 aromatic carbocycles. The highest BCUT2D eigenvalue weighted by molar-refractivity contribution is 9.10. The molecule has 1 amide bonds. The smallest absolute Gasteiger partial charge is 0.257 e. The number of carbonyl (C=O) groups excluding carboxylic acids is 1. The molecule has 0 saturated heterocycles. The molecule has 0 spiro atoms. The van der Waals surface area contributed by atoms with E-state index in [1.54, 1.807) is 18.2 Å². The summed E-state index contributed by atoms with van der Waals surface area (Å²) in [4.78, 5) is 11.4. The van der Waals surface area contributed by atoms with Crippen LogP contribution in [0.5, 0.6) is 5.75 Å². The summed E-state index contributed by atoms with van der Waals surface area (Å²) in [5.74, 6) is 0.871. The molecule has 0 aliphatic carbocycles. The van der Waals surface area contributed by atoms with Gasteiger partial charge in [0, 0.05) is 18.3 Å². The molecule has 94 valence electrons. The zero-order valence-electron chi connectivity index (χ0n) is 10.00. The monoisotopic (exact) mass is 300 g/mol. The largest absolute Gasteiger partial charge is 0.483 e. The number of halogens is 1. The standard InChI is InChI=1S/C12H17BrN2O2/c1-8(2)6-15-12(16)7-17-11-5-9(14)3-4-10(11)13/h3-5,8H,6-7,14H2,1-2H3,(H,15,16). The van der Waals surface area contributed by atoms with Crippen molar-refractivity contribution in [1.29, 1.82) is 0 Å². The fraction of sp³-hybridized carbons (Fsp3) is 0.417. The molecular weight excluding hydrogens is 284 g/mol. The Hall–Kier alpha value is -1.23. The van der Waals surface area contributed by atoms with E-state index in [9.17, 15) is 4.79 Å². The van der Waals surface area contributed by atoms with Crippen LogP contribution in [0.2, 0.25) is 0 Å². The first-order valence-corrected chi connectivity index (χ1v) is 6.23. The number of carbonyl (C=O) groups is 1. The third-order valence-electron chi connectivity index (χ3n) is 2.02. The Labute approximate surface area is 110 Å². The van der Waals surface area contributed by atoms with Crippen molar-refractivity contribution >= 4 is 27.5 Å². The maximum absolute atomic E-state index is 11.4. The predicted octanol–water partition coefficient (Wildman–Crippen LogP) is 2.18. The van der Waals surface area contributed by atoms with Gasteiger partial charge in [-0.3, -0.25) is 4.79 Å². The third-order valence-corrected chi connectivity index (χ3v) is 2.68. The van der Waals surface area contributed by atoms with Crippen molar-refractivity contribution in [2.45, 2.75) is 13.8 Å². The number of nitrogens with two attached hydrogens (primary N) is 1. The highest BCUT2D eigenvalue weighted by Crippen LogP contribution is 2.26. The van der Waals surface area contributed by atoms with Crippen LogP contribution < -0.4 is 15.8 Å². The van der Waals surface area contributed by atoms with Crippen molar-refractivity contribution in [3.05, 3.63) is 22.7 Å². The first-order chi connectivity index (χ1) is 7.99. The molecule has 1 aromatic rings. The van der Waals surface area contributed by atoms with Gasteiger partial charge in [-0.1, -0.05) is 13.8 Å². The lowest BCUT2D eigenvalue weighted by atomic mass is 10.2. The van der Waals surface area contributed by atoms with Crippen molar-refractivity contribution in [1.82, 2.24) is 5.32 Å². The van der Waals surface area contributed by atoms with Crippen LogP contribution in [0.1, 0.15) is 13.8 Å². The number of nitrogen functional groups attached to an aromatic ring is 1. The first kappa shape index (κ1) is 13.8. The van der Waals surface area contributed by atoms with Gasteiger partial charge in [-0.25, -0.2) is 0 Å². The van der Waals surface area contributed by atoms with E-state index in [-0.39, 0.29) is 12.5 Å². The molecule has 3 N–H and O–H groups in total. The predicted molar refractivity (Wildman–Crippen MR) is 71.9 cm³/mol. The third kappa shape index (κ3) is 5.08. The molecule has 17 heavy (non-hydrogen) atoms. The van der Waals surface area contributed by atoms with Gasteiger partial charge in [-0.05, 0) is 34.0 Å². The summed E-state index contributed by atoms with van der Waals surface area (Å²) in [7, 11) is 0. The van der Waals surface area contributed by atoms with Crippen LogP contribution in [0.15, 0.2) is 22.7 Å². The summed E-state index contributed by atoms with van der Waals surface area (Å²) in [6.45, 7) is 4.72. The average molecular weight is 301 g/mol. The molecule has 0 radical (unpaired) electrons. The lowest BCUT2D eigenvalue weighted by Crippen LogP contribution is -2.31. The molecule has 0 saturated carbocycles. The maximum Gasteiger partial charge on any atom is 0.257 e. The van der Waals surface area contributed by atoms with E-state index in [1.807, 2.05) is 13.8 Å². The summed E-state index contributed by atoms with van der Waals surface area (Å²) in [5, 5.41) is 2.78. The number of anilines is 1. The van der Waals surface area contributed by atoms with Gasteiger partial charge in [0.25, 0.3) is 5.91 Å². The molecule has 0 heterocycles. The van der Waals surface area contributed by atoms with Crippen LogP contribution in [0.25, 0.3) is 0 Å². The van der Waals surface area contributed by atoms with E-state index < -0.39 is 0 Å². The van der Waals surface area contributed by atoms with E-state index in [0.29, 0.717) is 23.9 Å². The maximum atomic E-state index is 11.4. The van der Waals surface area contributed by atoms with Crippen molar-refractivity contribution < 1.29 is 9.53 Å². The average Bonchev–Trinajstić information content (AvgIpc) is 2.27. The van der Waals surface area contributed by atoms with Crippen LogP contribution >= 0.6 is 15.9 Å². The first-order valence-electron chi connectivity index (χ1n) is 5.43. The Morgan fingerprint density at radius 1 is 1.53 bits per heavy atom. The Morgan fingerprint density at radius 3 is 2.88 bits per heavy atom. The van der Waals surface area contributed by atoms with Gasteiger partial charge in [0.05, 0.1) is 4.47 Å². The van der Waals surface area contributed by atoms with E-state index >= 15 is 0 Å². The minimum absolute atomic E-state index is 0.00519. The number of benzene rings is 1. The van der Waals surface area contributed by atoms with Crippen LogP contribution in [0.4, 0.5) is 5.69 Å². The number of rotatable bonds is 5. The van der Waals surface area contributed by atoms with E-state index in [1.165, 1.54) is 0 Å². The van der Waals surface area contributed by atoms with Crippen LogP contribution in [-0.4, -0.2) is 19.1 Å². The van der Waals surface area contributed by atoms with E-state index in [0.717, 1.165) is 4.47 Å². The SMILES string of the molecule is CC(C)CNC(=O)COc1cc(N)ccc1Br. The number of ether oxygens (including phenoxy) is 1. The zero-order valence-corrected chi connectivity index (χ0v) is 11.6. The summed E-state index contributed by atoms with van der Waals surface area (Å²) >= 11 is 3.33. The molecule has 0 atom stereocenters. The second-order valence-corrected chi connectivity index (χ2v) is 5.03. The lowest BCUT2D eigenvalue weighted by Gasteiger charge is -2.10. The lowest BCUT2D eigenvalue weighted by molar-refractivity contribution is -0.123. The topological polar surface area (TPSA) is 64.3 Å². The number of hydrogen-bond acceptors (Lipinski definition) is 3. The second-order valence-electron chi connectivity index (χ2n) is 4.18. The van der Waals surface area contributed by atoms with Crippen LogP contribution in [-0.2, 0) is 4.79 Å². The molecule has 4 nitrogen and oxygen atoms in total. The normalized spacial score (nSPS) is 10.4. The van der Waals surface area contributed by atoms with Gasteiger partial charge in [-0.15, -0.1) is 0 Å². The summed E-state index contributed by atoms with van der Waals surface area (Å²) in [6.07, 6.45) is 0. The van der Waals surface area contributed by atoms with Crippen molar-refractivity contribution in [3.8, 4) is 5.75 Å². The van der Waals surface area contributed by atoms with Gasteiger partial charge < -0.3 is 15.8 Å². The number of hydrogen-bond donors (Lipinski definition) is 2. The summed E-state index contributed by atoms with van der Waals surface area (Å²) in [6, 6.07) is 5.23. The van der Waals surface area contributed by atoms with Gasteiger partial charge in [0.15, 0.2) is 6.61 Å². The Bertz CT molecular complexity index is 394. The molecule has 0 fully saturated rings. The fourth-order valence-corrected chi connectivity index (χ4v) is 1.50. The minimum Gasteiger partial charge on any atom is -0.483 e. The van der Waals surface area contributed by atoms with Gasteiger partial charge >= 0.3 is 0 Å². The fourth-order valence-electron chi connectivity index (χ4n) is 1.14. The molecule has 0 bridgehead atoms. The van der Waals surface area contributed by atoms with Gasteiger partial charge in [0.1, 0.15) is 5.75 Å². The molecule has 0 unspecified atom stereocenters. The highest BCUT2D eigenvalue weighted by atomic mass is 79.9. The summed E-state index contributed by atoms with van der Waals surface area (Å²) in [5.41, 5.74) is 6.23. The van der Waals surface area contributed by atoms with Crippen molar-refractivity contribution in [2.75, 3.05) is 18.9 Å². The number of nitrogens with one attached hydrogen (secondary N) is 1. The molecule has 0 aliphatic heterocycles. The molecular formula is C12H17BrN2O2. The molecule has 5 heteroatoms. The molecule has 0 aliphatic rings. The van der Waals surface area contributed by atoms with E-state index in [2.05, 4.69) is 21.2 Å². The minimum atomic E-state index is -0.131. The zero-order chi connectivity index (χ0) is 12.8. The Balaban J connectivity index is 2.44. The van der Waals surface area contributed by atoms with Crippen LogP contribution in [0, 0.1) is 5.92 Å². The van der Waals surface area contributed by atoms with Gasteiger partial charge in [0.2, 0.25) is 0 Å². The molecule has 1 rings (SSSR count). The molecule has 0 aromatic heterocycles. The van der Waals surface area contributed by atoms with E-state index in [4.69, 9.17) is 10.5 Å².